The predicted molar refractivity (Wildman–Crippen MR) is 77.1 cm³/mol. The molecule has 102 valence electrons. The van der Waals surface area contributed by atoms with Gasteiger partial charge in [0.05, 0.1) is 17.1 Å². The number of aromatic amines is 1. The van der Waals surface area contributed by atoms with Crippen molar-refractivity contribution in [1.82, 2.24) is 9.97 Å². The molecule has 4 rings (SSSR count). The number of para-hydroxylation sites is 2. The molecular weight excluding hydrogens is 265 g/mol. The average molecular weight is 277 g/mol. The second kappa shape index (κ2) is 4.16. The first-order chi connectivity index (χ1) is 10.2. The Labute approximate surface area is 121 Å². The number of nitrogens with zero attached hydrogens (tertiary/aromatic N) is 2. The number of halogens is 1. The molecule has 1 fully saturated rings. The van der Waals surface area contributed by atoms with E-state index in [0.717, 1.165) is 23.0 Å². The van der Waals surface area contributed by atoms with Crippen LogP contribution in [0.15, 0.2) is 48.5 Å². The van der Waals surface area contributed by atoms with E-state index in [4.69, 9.17) is 0 Å². The molecule has 0 bridgehead atoms. The first-order valence-corrected chi connectivity index (χ1v) is 6.85. The van der Waals surface area contributed by atoms with Crippen molar-refractivity contribution in [3.8, 4) is 6.07 Å². The third-order valence-corrected chi connectivity index (χ3v) is 4.24. The Morgan fingerprint density at radius 1 is 1.19 bits per heavy atom. The van der Waals surface area contributed by atoms with Crippen molar-refractivity contribution in [2.45, 2.75) is 17.8 Å². The molecule has 0 spiro atoms. The maximum Gasteiger partial charge on any atom is 0.128 e. The number of benzene rings is 2. The lowest BCUT2D eigenvalue weighted by atomic mass is 10.00. The Kier molecular flexibility index (Phi) is 2.40. The minimum Gasteiger partial charge on any atom is -0.341 e. The zero-order valence-electron chi connectivity index (χ0n) is 11.2. The van der Waals surface area contributed by atoms with Crippen molar-refractivity contribution in [3.05, 3.63) is 65.7 Å². The lowest BCUT2D eigenvalue weighted by Gasteiger charge is -2.05. The molecule has 4 heteroatoms. The molecule has 0 aliphatic heterocycles. The highest BCUT2D eigenvalue weighted by Gasteiger charge is 2.59. The quantitative estimate of drug-likeness (QED) is 0.777. The van der Waals surface area contributed by atoms with Gasteiger partial charge in [0, 0.05) is 5.92 Å². The first-order valence-electron chi connectivity index (χ1n) is 6.85. The third kappa shape index (κ3) is 1.74. The van der Waals surface area contributed by atoms with Gasteiger partial charge in [-0.05, 0) is 36.2 Å². The van der Waals surface area contributed by atoms with Gasteiger partial charge in [-0.25, -0.2) is 9.37 Å². The highest BCUT2D eigenvalue weighted by atomic mass is 19.1. The number of nitrogens with one attached hydrogen (secondary N) is 1. The summed E-state index contributed by atoms with van der Waals surface area (Å²) in [5, 5.41) is 9.64. The number of imidazole rings is 1. The summed E-state index contributed by atoms with van der Waals surface area (Å²) in [6.07, 6.45) is 0.717. The van der Waals surface area contributed by atoms with Crippen molar-refractivity contribution in [2.75, 3.05) is 0 Å². The van der Waals surface area contributed by atoms with Gasteiger partial charge in [-0.2, -0.15) is 5.26 Å². The maximum atomic E-state index is 13.0. The van der Waals surface area contributed by atoms with Crippen molar-refractivity contribution in [3.63, 3.8) is 0 Å². The maximum absolute atomic E-state index is 13.0. The number of H-pyrrole nitrogens is 1. The van der Waals surface area contributed by atoms with E-state index in [0.29, 0.717) is 5.82 Å². The molecule has 0 amide bonds. The Bertz CT molecular complexity index is 827. The molecule has 2 aromatic carbocycles. The van der Waals surface area contributed by atoms with Gasteiger partial charge in [-0.3, -0.25) is 0 Å². The fourth-order valence-electron chi connectivity index (χ4n) is 2.96. The van der Waals surface area contributed by atoms with Gasteiger partial charge >= 0.3 is 0 Å². The fraction of sp³-hybridized carbons (Fsp3) is 0.176. The van der Waals surface area contributed by atoms with Crippen LogP contribution in [0, 0.1) is 17.1 Å². The predicted octanol–water partition coefficient (Wildman–Crippen LogP) is 3.65. The molecule has 1 aliphatic carbocycles. The molecule has 1 aromatic heterocycles. The second-order valence-corrected chi connectivity index (χ2v) is 5.49. The van der Waals surface area contributed by atoms with Gasteiger partial charge in [0.25, 0.3) is 0 Å². The molecule has 1 saturated carbocycles. The molecule has 1 heterocycles. The fourth-order valence-corrected chi connectivity index (χ4v) is 2.96. The van der Waals surface area contributed by atoms with Crippen LogP contribution in [0.2, 0.25) is 0 Å². The monoisotopic (exact) mass is 277 g/mol. The smallest absolute Gasteiger partial charge is 0.128 e. The zero-order valence-corrected chi connectivity index (χ0v) is 11.2. The van der Waals surface area contributed by atoms with Gasteiger partial charge in [-0.1, -0.05) is 24.3 Å². The van der Waals surface area contributed by atoms with Crippen LogP contribution in [0.4, 0.5) is 4.39 Å². The van der Waals surface area contributed by atoms with Gasteiger partial charge in [0.15, 0.2) is 0 Å². The summed E-state index contributed by atoms with van der Waals surface area (Å²) in [5.41, 5.74) is 2.17. The second-order valence-electron chi connectivity index (χ2n) is 5.49. The number of aromatic nitrogens is 2. The minimum atomic E-state index is -0.614. The van der Waals surface area contributed by atoms with E-state index < -0.39 is 5.41 Å². The van der Waals surface area contributed by atoms with E-state index in [1.54, 1.807) is 12.1 Å². The molecule has 3 aromatic rings. The van der Waals surface area contributed by atoms with Gasteiger partial charge < -0.3 is 4.98 Å². The molecule has 1 N–H and O–H groups in total. The van der Waals surface area contributed by atoms with Gasteiger partial charge in [0.1, 0.15) is 17.1 Å². The van der Waals surface area contributed by atoms with Crippen LogP contribution >= 0.6 is 0 Å². The minimum absolute atomic E-state index is 0.0728. The van der Waals surface area contributed by atoms with Crippen LogP contribution in [0.5, 0.6) is 0 Å². The standard InChI is InChI=1S/C17H12FN3/c18-12-7-5-11(6-8-12)13-9-17(13,10-19)16-20-14-3-1-2-4-15(14)21-16/h1-8,13H,9H2,(H,20,21)/t13-,17-/m0/s1. The summed E-state index contributed by atoms with van der Waals surface area (Å²) in [4.78, 5) is 7.81. The third-order valence-electron chi connectivity index (χ3n) is 4.24. The van der Waals surface area contributed by atoms with Crippen LogP contribution < -0.4 is 0 Å². The Morgan fingerprint density at radius 3 is 2.67 bits per heavy atom. The molecule has 0 saturated heterocycles. The number of nitriles is 1. The van der Waals surface area contributed by atoms with Gasteiger partial charge in [0.2, 0.25) is 0 Å². The molecule has 21 heavy (non-hydrogen) atoms. The number of fused-ring (bicyclic) bond motifs is 1. The lowest BCUT2D eigenvalue weighted by molar-refractivity contribution is 0.626. The van der Waals surface area contributed by atoms with E-state index >= 15 is 0 Å². The highest BCUT2D eigenvalue weighted by Crippen LogP contribution is 2.59. The molecular formula is C17H12FN3. The van der Waals surface area contributed by atoms with E-state index in [1.165, 1.54) is 12.1 Å². The van der Waals surface area contributed by atoms with Crippen LogP contribution in [0.25, 0.3) is 11.0 Å². The van der Waals surface area contributed by atoms with E-state index in [9.17, 15) is 9.65 Å². The van der Waals surface area contributed by atoms with Crippen LogP contribution in [-0.2, 0) is 5.41 Å². The normalized spacial score (nSPS) is 23.9. The molecule has 0 unspecified atom stereocenters. The number of hydrogen-bond acceptors (Lipinski definition) is 2. The number of hydrogen-bond donors (Lipinski definition) is 1. The Morgan fingerprint density at radius 2 is 1.95 bits per heavy atom. The summed E-state index contributed by atoms with van der Waals surface area (Å²) in [5.74, 6) is 0.523. The summed E-state index contributed by atoms with van der Waals surface area (Å²) >= 11 is 0. The largest absolute Gasteiger partial charge is 0.341 e. The zero-order chi connectivity index (χ0) is 14.4. The summed E-state index contributed by atoms with van der Waals surface area (Å²) in [6.45, 7) is 0. The first kappa shape index (κ1) is 12.1. The van der Waals surface area contributed by atoms with Crippen molar-refractivity contribution < 1.29 is 4.39 Å². The van der Waals surface area contributed by atoms with Crippen LogP contribution in [-0.4, -0.2) is 9.97 Å². The summed E-state index contributed by atoms with van der Waals surface area (Å²) in [6, 6.07) is 16.5. The topological polar surface area (TPSA) is 52.5 Å². The molecule has 0 radical (unpaired) electrons. The molecule has 3 nitrogen and oxygen atoms in total. The van der Waals surface area contributed by atoms with Crippen molar-refractivity contribution in [2.24, 2.45) is 0 Å². The van der Waals surface area contributed by atoms with Crippen LogP contribution in [0.1, 0.15) is 23.7 Å². The van der Waals surface area contributed by atoms with Crippen LogP contribution in [0.3, 0.4) is 0 Å². The van der Waals surface area contributed by atoms with E-state index in [-0.39, 0.29) is 11.7 Å². The van der Waals surface area contributed by atoms with E-state index in [2.05, 4.69) is 16.0 Å². The van der Waals surface area contributed by atoms with E-state index in [1.807, 2.05) is 24.3 Å². The summed E-state index contributed by atoms with van der Waals surface area (Å²) < 4.78 is 13.0. The number of rotatable bonds is 2. The molecule has 2 atom stereocenters. The Balaban J connectivity index is 1.76. The summed E-state index contributed by atoms with van der Waals surface area (Å²) in [7, 11) is 0. The average Bonchev–Trinajstić information content (AvgIpc) is 3.10. The lowest BCUT2D eigenvalue weighted by Crippen LogP contribution is -2.08. The van der Waals surface area contributed by atoms with Gasteiger partial charge in [-0.15, -0.1) is 0 Å². The molecule has 1 aliphatic rings. The van der Waals surface area contributed by atoms with Crippen molar-refractivity contribution in [1.29, 1.82) is 5.26 Å². The SMILES string of the molecule is N#C[C@@]1(c2nc3ccccc3[nH]2)C[C@H]1c1ccc(F)cc1. The Hall–Kier alpha value is -2.67. The highest BCUT2D eigenvalue weighted by molar-refractivity contribution is 5.75. The van der Waals surface area contributed by atoms with Crippen molar-refractivity contribution >= 4 is 11.0 Å².